The Morgan fingerprint density at radius 1 is 1.05 bits per heavy atom. The zero-order valence-corrected chi connectivity index (χ0v) is 12.8. The molecule has 2 rings (SSSR count). The minimum absolute atomic E-state index is 0.401. The van der Waals surface area contributed by atoms with E-state index < -0.39 is 5.60 Å². The average Bonchev–Trinajstić information content (AvgIpc) is 2.49. The average molecular weight is 287 g/mol. The van der Waals surface area contributed by atoms with E-state index in [0.717, 1.165) is 22.6 Å². The first-order valence-corrected chi connectivity index (χ1v) is 8.00. The molecule has 3 heteroatoms. The highest BCUT2D eigenvalue weighted by Crippen LogP contribution is 2.35. The van der Waals surface area contributed by atoms with Crippen molar-refractivity contribution >= 4 is 11.8 Å². The molecule has 0 aromatic heterocycles. The summed E-state index contributed by atoms with van der Waals surface area (Å²) in [6.45, 7) is 2.69. The molecule has 0 aliphatic rings. The van der Waals surface area contributed by atoms with Crippen molar-refractivity contribution in [1.82, 2.24) is 0 Å². The molecule has 0 saturated heterocycles. The summed E-state index contributed by atoms with van der Waals surface area (Å²) in [4.78, 5) is 1.15. The Morgan fingerprint density at radius 2 is 1.70 bits per heavy atom. The number of benzene rings is 2. The van der Waals surface area contributed by atoms with Gasteiger partial charge in [-0.2, -0.15) is 0 Å². The lowest BCUT2D eigenvalue weighted by atomic mass is 9.92. The summed E-state index contributed by atoms with van der Waals surface area (Å²) in [6.07, 6.45) is 2.84. The van der Waals surface area contributed by atoms with Crippen molar-refractivity contribution in [2.24, 2.45) is 5.73 Å². The standard InChI is InChI=1S/C17H21NOS/c1-17(12-13-18,14-8-4-3-5-9-14)19-15-10-6-7-11-16(15)20-2/h3-11H,12-13,18H2,1-2H3. The minimum atomic E-state index is -0.401. The lowest BCUT2D eigenvalue weighted by Crippen LogP contribution is -2.32. The molecule has 0 heterocycles. The largest absolute Gasteiger partial charge is 0.482 e. The monoisotopic (exact) mass is 287 g/mol. The third-order valence-corrected chi connectivity index (χ3v) is 4.19. The highest BCUT2D eigenvalue weighted by molar-refractivity contribution is 7.98. The molecule has 0 bridgehead atoms. The third kappa shape index (κ3) is 3.35. The van der Waals surface area contributed by atoms with Crippen LogP contribution in [0.2, 0.25) is 0 Å². The van der Waals surface area contributed by atoms with E-state index in [-0.39, 0.29) is 0 Å². The van der Waals surface area contributed by atoms with Crippen molar-refractivity contribution < 1.29 is 4.74 Å². The first-order chi connectivity index (χ1) is 9.69. The summed E-state index contributed by atoms with van der Waals surface area (Å²) in [6, 6.07) is 18.4. The van der Waals surface area contributed by atoms with Crippen LogP contribution in [0.25, 0.3) is 0 Å². The van der Waals surface area contributed by atoms with Crippen LogP contribution in [0.15, 0.2) is 59.5 Å². The van der Waals surface area contributed by atoms with Crippen LogP contribution in [0, 0.1) is 0 Å². The fourth-order valence-electron chi connectivity index (χ4n) is 2.27. The summed E-state index contributed by atoms with van der Waals surface area (Å²) in [5, 5.41) is 0. The van der Waals surface area contributed by atoms with Gasteiger partial charge in [0.25, 0.3) is 0 Å². The quantitative estimate of drug-likeness (QED) is 0.814. The number of rotatable bonds is 6. The molecule has 1 atom stereocenters. The Balaban J connectivity index is 2.34. The van der Waals surface area contributed by atoms with Crippen molar-refractivity contribution in [3.63, 3.8) is 0 Å². The summed E-state index contributed by atoms with van der Waals surface area (Å²) < 4.78 is 6.35. The normalized spacial score (nSPS) is 13.8. The van der Waals surface area contributed by atoms with E-state index in [4.69, 9.17) is 10.5 Å². The molecule has 20 heavy (non-hydrogen) atoms. The van der Waals surface area contributed by atoms with Gasteiger partial charge in [0, 0.05) is 11.3 Å². The Kier molecular flexibility index (Phi) is 5.10. The van der Waals surface area contributed by atoms with E-state index in [1.165, 1.54) is 0 Å². The highest BCUT2D eigenvalue weighted by Gasteiger charge is 2.28. The molecule has 1 unspecified atom stereocenters. The maximum atomic E-state index is 6.35. The summed E-state index contributed by atoms with van der Waals surface area (Å²) in [5.74, 6) is 0.916. The van der Waals surface area contributed by atoms with Crippen LogP contribution >= 0.6 is 11.8 Å². The van der Waals surface area contributed by atoms with E-state index in [0.29, 0.717) is 6.54 Å². The van der Waals surface area contributed by atoms with Crippen molar-refractivity contribution in [3.8, 4) is 5.75 Å². The van der Waals surface area contributed by atoms with Gasteiger partial charge < -0.3 is 10.5 Å². The van der Waals surface area contributed by atoms with Crippen LogP contribution < -0.4 is 10.5 Å². The zero-order chi connectivity index (χ0) is 14.4. The zero-order valence-electron chi connectivity index (χ0n) is 12.0. The van der Waals surface area contributed by atoms with E-state index in [1.807, 2.05) is 36.4 Å². The van der Waals surface area contributed by atoms with Crippen LogP contribution in [-0.4, -0.2) is 12.8 Å². The Labute approximate surface area is 125 Å². The third-order valence-electron chi connectivity index (χ3n) is 3.41. The van der Waals surface area contributed by atoms with E-state index in [2.05, 4.69) is 31.4 Å². The summed E-state index contributed by atoms with van der Waals surface area (Å²) in [7, 11) is 0. The molecular formula is C17H21NOS. The van der Waals surface area contributed by atoms with Gasteiger partial charge in [-0.15, -0.1) is 11.8 Å². The molecule has 0 amide bonds. The summed E-state index contributed by atoms with van der Waals surface area (Å²) in [5.41, 5.74) is 6.54. The second kappa shape index (κ2) is 6.82. The molecule has 2 aromatic carbocycles. The molecule has 0 aliphatic carbocycles. The van der Waals surface area contributed by atoms with Gasteiger partial charge in [0.1, 0.15) is 11.4 Å². The number of hydrogen-bond acceptors (Lipinski definition) is 3. The maximum absolute atomic E-state index is 6.35. The molecular weight excluding hydrogens is 266 g/mol. The molecule has 2 N–H and O–H groups in total. The van der Waals surface area contributed by atoms with Gasteiger partial charge in [-0.05, 0) is 37.4 Å². The summed E-state index contributed by atoms with van der Waals surface area (Å²) >= 11 is 1.69. The van der Waals surface area contributed by atoms with Gasteiger partial charge in [0.2, 0.25) is 0 Å². The van der Waals surface area contributed by atoms with Gasteiger partial charge in [0.15, 0.2) is 0 Å². The van der Waals surface area contributed by atoms with Crippen molar-refractivity contribution in [3.05, 3.63) is 60.2 Å². The molecule has 0 saturated carbocycles. The first kappa shape index (κ1) is 14.9. The van der Waals surface area contributed by atoms with Crippen LogP contribution in [-0.2, 0) is 5.60 Å². The Hall–Kier alpha value is -1.45. The van der Waals surface area contributed by atoms with Gasteiger partial charge >= 0.3 is 0 Å². The molecule has 0 fully saturated rings. The molecule has 0 aliphatic heterocycles. The number of thioether (sulfide) groups is 1. The van der Waals surface area contributed by atoms with Crippen molar-refractivity contribution in [2.75, 3.05) is 12.8 Å². The minimum Gasteiger partial charge on any atom is -0.482 e. The second-order valence-corrected chi connectivity index (χ2v) is 5.74. The van der Waals surface area contributed by atoms with E-state index in [9.17, 15) is 0 Å². The smallest absolute Gasteiger partial charge is 0.134 e. The molecule has 2 nitrogen and oxygen atoms in total. The fraction of sp³-hybridized carbons (Fsp3) is 0.294. The predicted octanol–water partition coefficient (Wildman–Crippen LogP) is 4.05. The molecule has 0 radical (unpaired) electrons. The molecule has 106 valence electrons. The van der Waals surface area contributed by atoms with Crippen LogP contribution in [0.1, 0.15) is 18.9 Å². The predicted molar refractivity (Wildman–Crippen MR) is 86.3 cm³/mol. The number of ether oxygens (including phenoxy) is 1. The van der Waals surface area contributed by atoms with Crippen LogP contribution in [0.4, 0.5) is 0 Å². The van der Waals surface area contributed by atoms with Crippen LogP contribution in [0.3, 0.4) is 0 Å². The highest BCUT2D eigenvalue weighted by atomic mass is 32.2. The van der Waals surface area contributed by atoms with Crippen molar-refractivity contribution in [1.29, 1.82) is 0 Å². The first-order valence-electron chi connectivity index (χ1n) is 6.77. The number of hydrogen-bond donors (Lipinski definition) is 1. The van der Waals surface area contributed by atoms with Gasteiger partial charge in [0.05, 0.1) is 0 Å². The van der Waals surface area contributed by atoms with Gasteiger partial charge in [-0.3, -0.25) is 0 Å². The lowest BCUT2D eigenvalue weighted by Gasteiger charge is -2.31. The van der Waals surface area contributed by atoms with E-state index >= 15 is 0 Å². The van der Waals surface area contributed by atoms with Crippen molar-refractivity contribution in [2.45, 2.75) is 23.8 Å². The van der Waals surface area contributed by atoms with Gasteiger partial charge in [-0.1, -0.05) is 42.5 Å². The topological polar surface area (TPSA) is 35.2 Å². The molecule has 2 aromatic rings. The number of nitrogens with two attached hydrogens (primary N) is 1. The SMILES string of the molecule is CSc1ccccc1OC(C)(CCN)c1ccccc1. The van der Waals surface area contributed by atoms with Gasteiger partial charge in [-0.25, -0.2) is 0 Å². The maximum Gasteiger partial charge on any atom is 0.134 e. The number of para-hydroxylation sites is 1. The van der Waals surface area contributed by atoms with Crippen LogP contribution in [0.5, 0.6) is 5.75 Å². The van der Waals surface area contributed by atoms with E-state index in [1.54, 1.807) is 11.8 Å². The second-order valence-electron chi connectivity index (χ2n) is 4.89. The Morgan fingerprint density at radius 3 is 2.35 bits per heavy atom. The lowest BCUT2D eigenvalue weighted by molar-refractivity contribution is 0.0763. The fourth-order valence-corrected chi connectivity index (χ4v) is 2.79. The molecule has 0 spiro atoms. The Bertz CT molecular complexity index is 544.